The highest BCUT2D eigenvalue weighted by Gasteiger charge is 2.08. The number of hydrogen-bond acceptors (Lipinski definition) is 2. The zero-order chi connectivity index (χ0) is 13.0. The molecule has 0 aliphatic carbocycles. The van der Waals surface area contributed by atoms with Crippen molar-refractivity contribution in [1.29, 1.82) is 0 Å². The van der Waals surface area contributed by atoms with Crippen molar-refractivity contribution >= 4 is 17.3 Å². The fraction of sp³-hybridized carbons (Fsp3) is 0.0714. The highest BCUT2D eigenvalue weighted by Crippen LogP contribution is 2.16. The molecule has 0 bridgehead atoms. The van der Waals surface area contributed by atoms with Gasteiger partial charge in [-0.15, -0.1) is 0 Å². The molecule has 0 aliphatic heterocycles. The molecular weight excluding hydrogens is 231 g/mol. The van der Waals surface area contributed by atoms with E-state index < -0.39 is 6.67 Å². The molecule has 2 rings (SSSR count). The van der Waals surface area contributed by atoms with Gasteiger partial charge in [-0.3, -0.25) is 4.79 Å². The SMILES string of the molecule is Nc1cc(C(=O)Nc2ccccc2)ccc1CF. The number of nitrogen functional groups attached to an aromatic ring is 1. The summed E-state index contributed by atoms with van der Waals surface area (Å²) >= 11 is 0. The van der Waals surface area contributed by atoms with Gasteiger partial charge < -0.3 is 11.1 Å². The number of nitrogens with one attached hydrogen (secondary N) is 1. The summed E-state index contributed by atoms with van der Waals surface area (Å²) in [6.07, 6.45) is 0. The largest absolute Gasteiger partial charge is 0.398 e. The summed E-state index contributed by atoms with van der Waals surface area (Å²) in [5.74, 6) is -0.265. The van der Waals surface area contributed by atoms with Crippen LogP contribution in [0.2, 0.25) is 0 Å². The summed E-state index contributed by atoms with van der Waals surface area (Å²) < 4.78 is 12.5. The minimum Gasteiger partial charge on any atom is -0.398 e. The number of rotatable bonds is 3. The smallest absolute Gasteiger partial charge is 0.255 e. The predicted molar refractivity (Wildman–Crippen MR) is 70.1 cm³/mol. The minimum absolute atomic E-state index is 0.265. The molecule has 0 aromatic heterocycles. The van der Waals surface area contributed by atoms with Crippen molar-refractivity contribution < 1.29 is 9.18 Å². The Balaban J connectivity index is 2.17. The Morgan fingerprint density at radius 2 is 1.89 bits per heavy atom. The fourth-order valence-corrected chi connectivity index (χ4v) is 1.58. The second kappa shape index (κ2) is 5.31. The second-order valence-corrected chi connectivity index (χ2v) is 3.87. The van der Waals surface area contributed by atoms with Gasteiger partial charge >= 0.3 is 0 Å². The van der Waals surface area contributed by atoms with Crippen molar-refractivity contribution in [2.45, 2.75) is 6.67 Å². The number of carbonyl (C=O) groups is 1. The molecule has 0 atom stereocenters. The summed E-state index contributed by atoms with van der Waals surface area (Å²) in [6.45, 7) is -0.633. The molecule has 4 heteroatoms. The molecule has 2 aromatic carbocycles. The third kappa shape index (κ3) is 2.66. The summed E-state index contributed by atoms with van der Waals surface area (Å²) in [5, 5.41) is 2.73. The Morgan fingerprint density at radius 1 is 1.17 bits per heavy atom. The Morgan fingerprint density at radius 3 is 2.50 bits per heavy atom. The zero-order valence-electron chi connectivity index (χ0n) is 9.69. The molecule has 0 saturated carbocycles. The molecule has 0 radical (unpaired) electrons. The summed E-state index contributed by atoms with van der Waals surface area (Å²) in [4.78, 5) is 11.9. The van der Waals surface area contributed by atoms with E-state index in [1.165, 1.54) is 12.1 Å². The Kier molecular flexibility index (Phi) is 3.57. The van der Waals surface area contributed by atoms with Crippen LogP contribution >= 0.6 is 0 Å². The number of carbonyl (C=O) groups excluding carboxylic acids is 1. The highest BCUT2D eigenvalue weighted by molar-refractivity contribution is 6.04. The first-order valence-electron chi connectivity index (χ1n) is 5.51. The minimum atomic E-state index is -0.633. The van der Waals surface area contributed by atoms with E-state index in [1.807, 2.05) is 18.2 Å². The molecule has 0 heterocycles. The monoisotopic (exact) mass is 244 g/mol. The maximum absolute atomic E-state index is 12.5. The lowest BCUT2D eigenvalue weighted by molar-refractivity contribution is 0.102. The number of para-hydroxylation sites is 1. The number of benzene rings is 2. The van der Waals surface area contributed by atoms with E-state index in [0.717, 1.165) is 0 Å². The van der Waals surface area contributed by atoms with Gasteiger partial charge in [-0.2, -0.15) is 0 Å². The van der Waals surface area contributed by atoms with Crippen LogP contribution in [0.1, 0.15) is 15.9 Å². The Bertz CT molecular complexity index is 555. The molecule has 3 N–H and O–H groups in total. The number of anilines is 2. The average molecular weight is 244 g/mol. The van der Waals surface area contributed by atoms with E-state index in [1.54, 1.807) is 18.2 Å². The van der Waals surface area contributed by atoms with Crippen LogP contribution in [0.25, 0.3) is 0 Å². The third-order valence-electron chi connectivity index (χ3n) is 2.58. The van der Waals surface area contributed by atoms with E-state index in [-0.39, 0.29) is 5.91 Å². The number of hydrogen-bond donors (Lipinski definition) is 2. The third-order valence-corrected chi connectivity index (χ3v) is 2.58. The molecule has 0 saturated heterocycles. The first-order chi connectivity index (χ1) is 8.70. The molecule has 3 nitrogen and oxygen atoms in total. The van der Waals surface area contributed by atoms with Crippen molar-refractivity contribution in [1.82, 2.24) is 0 Å². The molecule has 18 heavy (non-hydrogen) atoms. The number of alkyl halides is 1. The van der Waals surface area contributed by atoms with Gasteiger partial charge in [-0.1, -0.05) is 24.3 Å². The standard InChI is InChI=1S/C14H13FN2O/c15-9-11-7-6-10(8-13(11)16)14(18)17-12-4-2-1-3-5-12/h1-8H,9,16H2,(H,17,18). The van der Waals surface area contributed by atoms with E-state index in [4.69, 9.17) is 5.73 Å². The van der Waals surface area contributed by atoms with Crippen molar-refractivity contribution in [2.24, 2.45) is 0 Å². The van der Waals surface area contributed by atoms with Crippen LogP contribution in [0.15, 0.2) is 48.5 Å². The van der Waals surface area contributed by atoms with Crippen LogP contribution in [0.3, 0.4) is 0 Å². The van der Waals surface area contributed by atoms with E-state index in [0.29, 0.717) is 22.5 Å². The quantitative estimate of drug-likeness (QED) is 0.815. The van der Waals surface area contributed by atoms with Crippen LogP contribution in [0, 0.1) is 0 Å². The van der Waals surface area contributed by atoms with Crippen LogP contribution < -0.4 is 11.1 Å². The van der Waals surface area contributed by atoms with Crippen LogP contribution in [-0.4, -0.2) is 5.91 Å². The molecule has 1 amide bonds. The first kappa shape index (κ1) is 12.1. The van der Waals surface area contributed by atoms with Crippen LogP contribution in [-0.2, 0) is 6.67 Å². The highest BCUT2D eigenvalue weighted by atomic mass is 19.1. The van der Waals surface area contributed by atoms with Crippen LogP contribution in [0.4, 0.5) is 15.8 Å². The van der Waals surface area contributed by atoms with Gasteiger partial charge in [-0.05, 0) is 24.3 Å². The van der Waals surface area contributed by atoms with E-state index >= 15 is 0 Å². The van der Waals surface area contributed by atoms with Crippen molar-refractivity contribution in [3.05, 3.63) is 59.7 Å². The normalized spacial score (nSPS) is 10.1. The fourth-order valence-electron chi connectivity index (χ4n) is 1.58. The van der Waals surface area contributed by atoms with Crippen LogP contribution in [0.5, 0.6) is 0 Å². The number of halogens is 1. The molecule has 0 spiro atoms. The van der Waals surface area contributed by atoms with E-state index in [2.05, 4.69) is 5.32 Å². The molecule has 0 fully saturated rings. The maximum atomic E-state index is 12.5. The topological polar surface area (TPSA) is 55.1 Å². The van der Waals surface area contributed by atoms with Gasteiger partial charge in [0, 0.05) is 22.5 Å². The van der Waals surface area contributed by atoms with E-state index in [9.17, 15) is 9.18 Å². The summed E-state index contributed by atoms with van der Waals surface area (Å²) in [7, 11) is 0. The lowest BCUT2D eigenvalue weighted by atomic mass is 10.1. The number of nitrogens with two attached hydrogens (primary N) is 1. The van der Waals surface area contributed by atoms with Crippen molar-refractivity contribution in [3.8, 4) is 0 Å². The van der Waals surface area contributed by atoms with Gasteiger partial charge in [0.25, 0.3) is 5.91 Å². The maximum Gasteiger partial charge on any atom is 0.255 e. The average Bonchev–Trinajstić information content (AvgIpc) is 2.39. The van der Waals surface area contributed by atoms with Gasteiger partial charge in [0.15, 0.2) is 0 Å². The zero-order valence-corrected chi connectivity index (χ0v) is 9.69. The molecular formula is C14H13FN2O. The molecule has 92 valence electrons. The second-order valence-electron chi connectivity index (χ2n) is 3.87. The summed E-state index contributed by atoms with van der Waals surface area (Å²) in [5.41, 5.74) is 7.44. The lowest BCUT2D eigenvalue weighted by Gasteiger charge is -2.07. The molecule has 0 aliphatic rings. The van der Waals surface area contributed by atoms with Crippen molar-refractivity contribution in [3.63, 3.8) is 0 Å². The Hall–Kier alpha value is -2.36. The van der Waals surface area contributed by atoms with Crippen molar-refractivity contribution in [2.75, 3.05) is 11.1 Å². The van der Waals surface area contributed by atoms with Gasteiger partial charge in [0.05, 0.1) is 0 Å². The van der Waals surface area contributed by atoms with Gasteiger partial charge in [-0.25, -0.2) is 4.39 Å². The number of amides is 1. The molecule has 0 unspecified atom stereocenters. The first-order valence-corrected chi connectivity index (χ1v) is 5.51. The predicted octanol–water partition coefficient (Wildman–Crippen LogP) is 2.99. The van der Waals surface area contributed by atoms with Gasteiger partial charge in [0.2, 0.25) is 0 Å². The summed E-state index contributed by atoms with van der Waals surface area (Å²) in [6, 6.07) is 13.7. The molecule has 2 aromatic rings. The van der Waals surface area contributed by atoms with Gasteiger partial charge in [0.1, 0.15) is 6.67 Å². The lowest BCUT2D eigenvalue weighted by Crippen LogP contribution is -2.12. The Labute approximate surface area is 104 Å².